The molecule has 2 aromatic rings. The van der Waals surface area contributed by atoms with Gasteiger partial charge in [-0.05, 0) is 30.4 Å². The molecule has 3 rings (SSSR count). The highest BCUT2D eigenvalue weighted by Crippen LogP contribution is 2.35. The van der Waals surface area contributed by atoms with Crippen LogP contribution < -0.4 is 5.32 Å². The molecule has 0 aromatic heterocycles. The van der Waals surface area contributed by atoms with Crippen LogP contribution >= 0.6 is 0 Å². The highest BCUT2D eigenvalue weighted by molar-refractivity contribution is 6.13. The molecule has 3 nitrogen and oxygen atoms in total. The van der Waals surface area contributed by atoms with Gasteiger partial charge < -0.3 is 10.4 Å². The Balaban J connectivity index is 1.96. The topological polar surface area (TPSA) is 44.6 Å². The first-order valence-electron chi connectivity index (χ1n) is 6.36. The number of aliphatic hydroxyl groups excluding tert-OH is 1. The van der Waals surface area contributed by atoms with E-state index in [0.717, 1.165) is 36.5 Å². The van der Waals surface area contributed by atoms with Crippen LogP contribution in [0.3, 0.4) is 0 Å². The van der Waals surface area contributed by atoms with Gasteiger partial charge in [-0.25, -0.2) is 4.99 Å². The van der Waals surface area contributed by atoms with Gasteiger partial charge in [-0.15, -0.1) is 0 Å². The smallest absolute Gasteiger partial charge is 0.107 e. The van der Waals surface area contributed by atoms with Crippen molar-refractivity contribution >= 4 is 28.0 Å². The Morgan fingerprint density at radius 2 is 1.89 bits per heavy atom. The van der Waals surface area contributed by atoms with Crippen LogP contribution in [0.15, 0.2) is 41.4 Å². The van der Waals surface area contributed by atoms with E-state index in [1.807, 2.05) is 6.07 Å². The summed E-state index contributed by atoms with van der Waals surface area (Å²) in [5, 5.41) is 14.6. The van der Waals surface area contributed by atoms with Crippen molar-refractivity contribution < 1.29 is 5.11 Å². The average molecular weight is 240 g/mol. The molecule has 3 heteroatoms. The third-order valence-corrected chi connectivity index (χ3v) is 3.24. The van der Waals surface area contributed by atoms with E-state index in [0.29, 0.717) is 0 Å². The van der Waals surface area contributed by atoms with E-state index >= 15 is 0 Å². The van der Waals surface area contributed by atoms with Crippen LogP contribution in [0.2, 0.25) is 0 Å². The predicted molar refractivity (Wildman–Crippen MR) is 75.6 cm³/mol. The van der Waals surface area contributed by atoms with Crippen molar-refractivity contribution in [2.45, 2.75) is 19.3 Å². The molecule has 0 aliphatic carbocycles. The standard InChI is InChI=1S/C15H16N2O/c18-10-2-1-9-14-16-12-7-3-5-11-6-4-8-13(17-14)15(11)12/h3-8,18H,1-2,9-10H2,(H,16,17). The fourth-order valence-electron chi connectivity index (χ4n) is 2.37. The molecule has 0 atom stereocenters. The van der Waals surface area contributed by atoms with E-state index in [1.165, 1.54) is 10.8 Å². The lowest BCUT2D eigenvalue weighted by atomic mass is 10.0. The number of aliphatic hydroxyl groups is 1. The Bertz CT molecular complexity index is 599. The molecule has 1 aliphatic rings. The fraction of sp³-hybridized carbons (Fsp3) is 0.267. The lowest BCUT2D eigenvalue weighted by Crippen LogP contribution is -2.14. The zero-order valence-corrected chi connectivity index (χ0v) is 10.2. The van der Waals surface area contributed by atoms with Crippen LogP contribution in [0.5, 0.6) is 0 Å². The van der Waals surface area contributed by atoms with Crippen molar-refractivity contribution in [2.24, 2.45) is 4.99 Å². The molecule has 0 unspecified atom stereocenters. The maximum absolute atomic E-state index is 8.82. The zero-order chi connectivity index (χ0) is 12.4. The molecule has 2 N–H and O–H groups in total. The molecule has 0 radical (unpaired) electrons. The second kappa shape index (κ2) is 4.78. The Morgan fingerprint density at radius 1 is 1.06 bits per heavy atom. The van der Waals surface area contributed by atoms with Gasteiger partial charge in [0.25, 0.3) is 0 Å². The second-order valence-electron chi connectivity index (χ2n) is 4.55. The van der Waals surface area contributed by atoms with E-state index in [9.17, 15) is 0 Å². The summed E-state index contributed by atoms with van der Waals surface area (Å²) in [5.41, 5.74) is 2.18. The van der Waals surface area contributed by atoms with E-state index < -0.39 is 0 Å². The normalized spacial score (nSPS) is 13.3. The van der Waals surface area contributed by atoms with Gasteiger partial charge in [-0.2, -0.15) is 0 Å². The van der Waals surface area contributed by atoms with Crippen molar-refractivity contribution in [3.63, 3.8) is 0 Å². The first-order valence-corrected chi connectivity index (χ1v) is 6.36. The molecule has 0 saturated carbocycles. The van der Waals surface area contributed by atoms with Crippen molar-refractivity contribution in [1.82, 2.24) is 0 Å². The average Bonchev–Trinajstić information content (AvgIpc) is 2.40. The molecule has 0 bridgehead atoms. The minimum atomic E-state index is 0.249. The van der Waals surface area contributed by atoms with Crippen LogP contribution in [0.4, 0.5) is 11.4 Å². The molecule has 1 aliphatic heterocycles. The van der Waals surface area contributed by atoms with Gasteiger partial charge in [-0.3, -0.25) is 0 Å². The summed E-state index contributed by atoms with van der Waals surface area (Å²) in [5.74, 6) is 0.995. The largest absolute Gasteiger partial charge is 0.396 e. The first-order chi connectivity index (χ1) is 8.88. The quantitative estimate of drug-likeness (QED) is 0.804. The van der Waals surface area contributed by atoms with Crippen LogP contribution in [0.25, 0.3) is 10.8 Å². The summed E-state index contributed by atoms with van der Waals surface area (Å²) in [7, 11) is 0. The molecule has 18 heavy (non-hydrogen) atoms. The minimum absolute atomic E-state index is 0.249. The van der Waals surface area contributed by atoms with Gasteiger partial charge in [0.15, 0.2) is 0 Å². The first kappa shape index (κ1) is 11.2. The summed E-state index contributed by atoms with van der Waals surface area (Å²) in [6.45, 7) is 0.249. The number of benzene rings is 2. The SMILES string of the molecule is OCCCCC1=Nc2cccc3cccc(c23)N1. The lowest BCUT2D eigenvalue weighted by molar-refractivity contribution is 0.285. The van der Waals surface area contributed by atoms with Crippen LogP contribution in [-0.2, 0) is 0 Å². The highest BCUT2D eigenvalue weighted by Gasteiger charge is 2.13. The van der Waals surface area contributed by atoms with Gasteiger partial charge in [0.1, 0.15) is 5.84 Å². The molecular weight excluding hydrogens is 224 g/mol. The monoisotopic (exact) mass is 240 g/mol. The van der Waals surface area contributed by atoms with Crippen LogP contribution in [-0.4, -0.2) is 17.5 Å². The van der Waals surface area contributed by atoms with Crippen molar-refractivity contribution in [2.75, 3.05) is 11.9 Å². The van der Waals surface area contributed by atoms with Crippen LogP contribution in [0, 0.1) is 0 Å². The van der Waals surface area contributed by atoms with E-state index in [2.05, 4.69) is 40.6 Å². The van der Waals surface area contributed by atoms with Gasteiger partial charge in [0, 0.05) is 24.1 Å². The number of unbranched alkanes of at least 4 members (excludes halogenated alkanes) is 1. The molecule has 0 amide bonds. The summed E-state index contributed by atoms with van der Waals surface area (Å²) in [4.78, 5) is 4.66. The lowest BCUT2D eigenvalue weighted by Gasteiger charge is -2.18. The number of anilines is 1. The Kier molecular flexibility index (Phi) is 2.99. The molecule has 0 spiro atoms. The Hall–Kier alpha value is -1.87. The van der Waals surface area contributed by atoms with Crippen molar-refractivity contribution in [3.05, 3.63) is 36.4 Å². The third kappa shape index (κ3) is 1.97. The number of nitrogens with zero attached hydrogens (tertiary/aromatic N) is 1. The second-order valence-corrected chi connectivity index (χ2v) is 4.55. The fourth-order valence-corrected chi connectivity index (χ4v) is 2.37. The van der Waals surface area contributed by atoms with Gasteiger partial charge in [-0.1, -0.05) is 24.3 Å². The number of hydrogen-bond acceptors (Lipinski definition) is 3. The zero-order valence-electron chi connectivity index (χ0n) is 10.2. The summed E-state index contributed by atoms with van der Waals surface area (Å²) in [6, 6.07) is 12.5. The van der Waals surface area contributed by atoms with Gasteiger partial charge in [0.05, 0.1) is 5.69 Å². The minimum Gasteiger partial charge on any atom is -0.396 e. The molecule has 1 heterocycles. The van der Waals surface area contributed by atoms with Crippen molar-refractivity contribution in [3.8, 4) is 0 Å². The number of amidine groups is 1. The van der Waals surface area contributed by atoms with Gasteiger partial charge >= 0.3 is 0 Å². The van der Waals surface area contributed by atoms with Crippen LogP contribution in [0.1, 0.15) is 19.3 Å². The molecule has 0 saturated heterocycles. The number of nitrogens with one attached hydrogen (secondary N) is 1. The number of hydrogen-bond donors (Lipinski definition) is 2. The molecule has 0 fully saturated rings. The third-order valence-electron chi connectivity index (χ3n) is 3.24. The predicted octanol–water partition coefficient (Wildman–Crippen LogP) is 3.46. The molecule has 2 aromatic carbocycles. The van der Waals surface area contributed by atoms with Crippen molar-refractivity contribution in [1.29, 1.82) is 0 Å². The summed E-state index contributed by atoms with van der Waals surface area (Å²) in [6.07, 6.45) is 2.66. The van der Waals surface area contributed by atoms with E-state index in [4.69, 9.17) is 5.11 Å². The van der Waals surface area contributed by atoms with E-state index in [-0.39, 0.29) is 6.61 Å². The van der Waals surface area contributed by atoms with E-state index in [1.54, 1.807) is 0 Å². The maximum Gasteiger partial charge on any atom is 0.107 e. The number of rotatable bonds is 4. The number of aliphatic imine (C=N–C) groups is 1. The molecular formula is C15H16N2O. The Morgan fingerprint density at radius 3 is 2.72 bits per heavy atom. The Labute approximate surface area is 106 Å². The summed E-state index contributed by atoms with van der Waals surface area (Å²) >= 11 is 0. The highest BCUT2D eigenvalue weighted by atomic mass is 16.2. The van der Waals surface area contributed by atoms with Gasteiger partial charge in [0.2, 0.25) is 0 Å². The summed E-state index contributed by atoms with van der Waals surface area (Å²) < 4.78 is 0. The maximum atomic E-state index is 8.82. The molecule has 92 valence electrons.